The van der Waals surface area contributed by atoms with Gasteiger partial charge in [-0.2, -0.15) is 5.10 Å². The molecule has 0 saturated carbocycles. The van der Waals surface area contributed by atoms with Crippen molar-refractivity contribution in [1.82, 2.24) is 24.4 Å². The van der Waals surface area contributed by atoms with Gasteiger partial charge in [0.1, 0.15) is 5.69 Å². The highest BCUT2D eigenvalue weighted by Gasteiger charge is 2.19. The van der Waals surface area contributed by atoms with Crippen molar-refractivity contribution in [2.24, 2.45) is 0 Å². The Hall–Kier alpha value is -2.14. The lowest BCUT2D eigenvalue weighted by molar-refractivity contribution is -0.384. The summed E-state index contributed by atoms with van der Waals surface area (Å²) in [5.74, 6) is 0.618. The second-order valence-corrected chi connectivity index (χ2v) is 9.17. The van der Waals surface area contributed by atoms with Gasteiger partial charge in [0.2, 0.25) is 0 Å². The van der Waals surface area contributed by atoms with Gasteiger partial charge in [0.25, 0.3) is 5.69 Å². The van der Waals surface area contributed by atoms with Crippen molar-refractivity contribution in [2.75, 3.05) is 26.3 Å². The van der Waals surface area contributed by atoms with Gasteiger partial charge < -0.3 is 9.72 Å². The molecule has 0 aliphatic carbocycles. The molecule has 2 aromatic heterocycles. The number of aromatic nitrogens is 4. The van der Waals surface area contributed by atoms with Gasteiger partial charge in [-0.25, -0.2) is 9.44 Å². The van der Waals surface area contributed by atoms with Gasteiger partial charge in [-0.1, -0.05) is 6.07 Å². The van der Waals surface area contributed by atoms with Crippen LogP contribution in [0.4, 0.5) is 5.69 Å². The predicted octanol–water partition coefficient (Wildman–Crippen LogP) is 4.11. The van der Waals surface area contributed by atoms with Crippen LogP contribution in [-0.2, 0) is 11.3 Å². The molecule has 1 aliphatic rings. The van der Waals surface area contributed by atoms with Crippen LogP contribution in [0.2, 0.25) is 0 Å². The molecule has 1 atom stereocenters. The summed E-state index contributed by atoms with van der Waals surface area (Å²) in [6, 6.07) is 11.0. The molecule has 1 fully saturated rings. The number of halogens is 1. The zero-order chi connectivity index (χ0) is 20.7. The van der Waals surface area contributed by atoms with Crippen molar-refractivity contribution in [1.29, 1.82) is 0 Å². The molecule has 30 heavy (non-hydrogen) atoms. The van der Waals surface area contributed by atoms with Crippen molar-refractivity contribution in [3.63, 3.8) is 0 Å². The Balaban J connectivity index is 1.54. The minimum Gasteiger partial charge on any atom is -0.379 e. The molecule has 0 amide bonds. The topological polar surface area (TPSA) is 102 Å². The third kappa shape index (κ3) is 3.68. The van der Waals surface area contributed by atoms with E-state index in [0.29, 0.717) is 17.9 Å². The molecule has 4 aromatic rings. The normalized spacial score (nSPS) is 15.6. The van der Waals surface area contributed by atoms with Crippen molar-refractivity contribution >= 4 is 56.0 Å². The third-order valence-electron chi connectivity index (χ3n) is 5.23. The van der Waals surface area contributed by atoms with E-state index in [9.17, 15) is 10.1 Å². The molecule has 9 nitrogen and oxygen atoms in total. The zero-order valence-electron chi connectivity index (χ0n) is 15.8. The fraction of sp³-hybridized carbons (Fsp3) is 0.263. The quantitative estimate of drug-likeness (QED) is 0.178. The maximum atomic E-state index is 11.3. The largest absolute Gasteiger partial charge is 0.379 e. The first kappa shape index (κ1) is 19.8. The molecule has 3 heterocycles. The molecule has 1 saturated heterocycles. The lowest BCUT2D eigenvalue weighted by atomic mass is 10.2. The highest BCUT2D eigenvalue weighted by molar-refractivity contribution is 14.2. The van der Waals surface area contributed by atoms with Crippen LogP contribution in [0.5, 0.6) is 0 Å². The van der Waals surface area contributed by atoms with Gasteiger partial charge in [-0.05, 0) is 45.8 Å². The Kier molecular flexibility index (Phi) is 5.40. The summed E-state index contributed by atoms with van der Waals surface area (Å²) in [4.78, 5) is 21.3. The van der Waals surface area contributed by atoms with E-state index >= 15 is 0 Å². The molecule has 0 spiro atoms. The molecule has 1 aliphatic heterocycles. The Morgan fingerprint density at radius 3 is 2.83 bits per heavy atom. The number of nitrogens with one attached hydrogen (secondary N) is 1. The standard InChI is InChI=1S/C19H18IN6O3P/c20-30-25-17-4-2-13(26(27)28)10-14(17)18(23-25)19-21-15-3-1-12(9-16(15)22-19)11-24-5-7-29-8-6-24/h1-4,9-10,30H,5-8,11H2,(H,21,22). The van der Waals surface area contributed by atoms with Crippen LogP contribution < -0.4 is 0 Å². The van der Waals surface area contributed by atoms with Crippen LogP contribution >= 0.6 is 28.4 Å². The van der Waals surface area contributed by atoms with E-state index < -0.39 is 0 Å². The lowest BCUT2D eigenvalue weighted by Crippen LogP contribution is -2.35. The smallest absolute Gasteiger partial charge is 0.270 e. The molecule has 5 rings (SSSR count). The minimum absolute atomic E-state index is 0.0454. The van der Waals surface area contributed by atoms with Crippen molar-refractivity contribution in [3.8, 4) is 11.5 Å². The van der Waals surface area contributed by atoms with E-state index in [4.69, 9.17) is 9.72 Å². The van der Waals surface area contributed by atoms with E-state index in [-0.39, 0.29) is 10.6 Å². The number of aromatic amines is 1. The second kappa shape index (κ2) is 8.18. The highest BCUT2D eigenvalue weighted by atomic mass is 127. The number of morpholine rings is 1. The number of nitro groups is 1. The summed E-state index contributed by atoms with van der Waals surface area (Å²) in [6.07, 6.45) is 0.378. The van der Waals surface area contributed by atoms with E-state index in [1.165, 1.54) is 11.6 Å². The second-order valence-electron chi connectivity index (χ2n) is 7.13. The molecule has 154 valence electrons. The average molecular weight is 536 g/mol. The van der Waals surface area contributed by atoms with Gasteiger partial charge >= 0.3 is 0 Å². The number of imidazole rings is 1. The Labute approximate surface area is 186 Å². The van der Waals surface area contributed by atoms with Crippen LogP contribution in [0.1, 0.15) is 5.56 Å². The summed E-state index contributed by atoms with van der Waals surface area (Å²) in [7, 11) is 0. The molecule has 0 radical (unpaired) electrons. The first-order chi connectivity index (χ1) is 14.6. The number of hydrogen-bond acceptors (Lipinski definition) is 6. The zero-order valence-corrected chi connectivity index (χ0v) is 19.0. The maximum absolute atomic E-state index is 11.3. The third-order valence-corrected chi connectivity index (χ3v) is 7.11. The summed E-state index contributed by atoms with van der Waals surface area (Å²) < 4.78 is 7.27. The van der Waals surface area contributed by atoms with E-state index in [2.05, 4.69) is 49.2 Å². The van der Waals surface area contributed by atoms with Crippen LogP contribution in [0, 0.1) is 10.1 Å². The summed E-state index contributed by atoms with van der Waals surface area (Å²) in [5, 5.41) is 16.6. The van der Waals surface area contributed by atoms with E-state index in [1.54, 1.807) is 12.1 Å². The van der Waals surface area contributed by atoms with Crippen molar-refractivity contribution in [3.05, 3.63) is 52.1 Å². The fourth-order valence-corrected chi connectivity index (χ4v) is 5.27. The molecule has 1 unspecified atom stereocenters. The summed E-state index contributed by atoms with van der Waals surface area (Å²) in [6.45, 7) is 4.29. The van der Waals surface area contributed by atoms with Crippen molar-refractivity contribution < 1.29 is 9.66 Å². The van der Waals surface area contributed by atoms with E-state index in [1.807, 2.05) is 10.5 Å². The highest BCUT2D eigenvalue weighted by Crippen LogP contribution is 2.36. The molecule has 1 N–H and O–H groups in total. The number of ether oxygens (including phenoxy) is 1. The summed E-state index contributed by atoms with van der Waals surface area (Å²) >= 11 is 2.25. The van der Waals surface area contributed by atoms with Gasteiger partial charge in [0.15, 0.2) is 5.82 Å². The molecule has 2 aromatic carbocycles. The number of benzene rings is 2. The molecule has 0 bridgehead atoms. The Morgan fingerprint density at radius 1 is 1.23 bits per heavy atom. The van der Waals surface area contributed by atoms with Gasteiger partial charge in [0, 0.05) is 37.2 Å². The van der Waals surface area contributed by atoms with Crippen LogP contribution in [0.15, 0.2) is 36.4 Å². The Bertz CT molecular complexity index is 1250. The number of non-ortho nitro benzene ring substituents is 1. The first-order valence-corrected chi connectivity index (χ1v) is 13.5. The van der Waals surface area contributed by atoms with Gasteiger partial charge in [0.05, 0.1) is 41.1 Å². The number of rotatable bonds is 5. The van der Waals surface area contributed by atoms with Crippen molar-refractivity contribution in [2.45, 2.75) is 6.54 Å². The maximum Gasteiger partial charge on any atom is 0.270 e. The summed E-state index contributed by atoms with van der Waals surface area (Å²) in [5.41, 5.74) is 4.52. The molecular formula is C19H18IN6O3P. The monoisotopic (exact) mass is 536 g/mol. The SMILES string of the molecule is O=[N+]([O-])c1ccc2c(c1)c(-c1nc3ccc(CN4CCOCC4)cc3[nH]1)nn2PI. The number of nitro benzene ring substituents is 1. The van der Waals surface area contributed by atoms with Gasteiger partial charge in [-0.15, -0.1) is 0 Å². The van der Waals surface area contributed by atoms with Crippen LogP contribution in [0.25, 0.3) is 33.5 Å². The van der Waals surface area contributed by atoms with E-state index in [0.717, 1.165) is 54.8 Å². The van der Waals surface area contributed by atoms with Gasteiger partial charge in [-0.3, -0.25) is 15.0 Å². The van der Waals surface area contributed by atoms with Crippen LogP contribution in [-0.4, -0.2) is 55.6 Å². The lowest BCUT2D eigenvalue weighted by Gasteiger charge is -2.26. The number of H-pyrrole nitrogens is 1. The first-order valence-electron chi connectivity index (χ1n) is 9.45. The van der Waals surface area contributed by atoms with Crippen LogP contribution in [0.3, 0.4) is 0 Å². The Morgan fingerprint density at radius 2 is 2.07 bits per heavy atom. The number of hydrogen-bond donors (Lipinski definition) is 1. The molecular weight excluding hydrogens is 518 g/mol. The predicted molar refractivity (Wildman–Crippen MR) is 125 cm³/mol. The number of fused-ring (bicyclic) bond motifs is 2. The minimum atomic E-state index is -0.385. The fourth-order valence-electron chi connectivity index (χ4n) is 3.74. The average Bonchev–Trinajstić information content (AvgIpc) is 3.34. The number of nitrogens with zero attached hydrogens (tertiary/aromatic N) is 5. The molecule has 11 heteroatoms.